The van der Waals surface area contributed by atoms with Gasteiger partial charge in [0.1, 0.15) is 47.3 Å². The molecule has 0 N–H and O–H groups in total. The fourth-order valence-electron chi connectivity index (χ4n) is 6.78. The monoisotopic (exact) mass is 717 g/mol. The smallest absolute Gasteiger partial charge is 0.425 e. The lowest BCUT2D eigenvalue weighted by Gasteiger charge is -2.33. The first-order valence-electron chi connectivity index (χ1n) is 16.7. The number of hydrogen-bond acceptors (Lipinski definition) is 12. The Labute approximate surface area is 294 Å². The maximum atomic E-state index is 15.7. The van der Waals surface area contributed by atoms with Crippen LogP contribution >= 0.6 is 11.6 Å². The molecular formula is C34H42ClF2N7O6. The van der Waals surface area contributed by atoms with Gasteiger partial charge in [0, 0.05) is 24.7 Å². The van der Waals surface area contributed by atoms with E-state index in [1.165, 1.54) is 6.20 Å². The zero-order valence-corrected chi connectivity index (χ0v) is 30.0. The Morgan fingerprint density at radius 3 is 2.50 bits per heavy atom. The summed E-state index contributed by atoms with van der Waals surface area (Å²) in [5, 5.41) is -0.267. The highest BCUT2D eigenvalue weighted by Crippen LogP contribution is 2.43. The van der Waals surface area contributed by atoms with Gasteiger partial charge in [-0.3, -0.25) is 4.90 Å². The fourth-order valence-corrected chi connectivity index (χ4v) is 6.94. The van der Waals surface area contributed by atoms with E-state index in [0.717, 1.165) is 24.3 Å². The molecule has 50 heavy (non-hydrogen) atoms. The van der Waals surface area contributed by atoms with Crippen molar-refractivity contribution in [2.75, 3.05) is 42.6 Å². The molecule has 3 atom stereocenters. The zero-order valence-electron chi connectivity index (χ0n) is 29.3. The molecular weight excluding hydrogens is 676 g/mol. The Bertz CT molecular complexity index is 1780. The maximum Gasteiger partial charge on any atom is 0.425 e. The van der Waals surface area contributed by atoms with E-state index in [0.29, 0.717) is 18.5 Å². The molecule has 270 valence electrons. The van der Waals surface area contributed by atoms with Crippen molar-refractivity contribution in [1.82, 2.24) is 24.8 Å². The van der Waals surface area contributed by atoms with Gasteiger partial charge >= 0.3 is 18.2 Å². The van der Waals surface area contributed by atoms with E-state index < -0.39 is 52.1 Å². The number of amides is 2. The summed E-state index contributed by atoms with van der Waals surface area (Å²) in [6, 6.07) is 2.57. The minimum atomic E-state index is -0.979. The van der Waals surface area contributed by atoms with Gasteiger partial charge in [-0.25, -0.2) is 23.4 Å². The van der Waals surface area contributed by atoms with Crippen molar-refractivity contribution < 1.29 is 37.3 Å². The lowest BCUT2D eigenvalue weighted by atomic mass is 9.95. The maximum absolute atomic E-state index is 15.7. The Morgan fingerprint density at radius 1 is 1.12 bits per heavy atom. The number of anilines is 2. The van der Waals surface area contributed by atoms with Crippen LogP contribution < -0.4 is 19.3 Å². The van der Waals surface area contributed by atoms with Crippen LogP contribution in [0.15, 0.2) is 18.3 Å². The Hall–Kier alpha value is -4.11. The SMILES string of the molecule is C[C@H](c1cccnc1N(C(=O)OC(C)(C)C)C(=O)OC(C)(C)C)N1CCOc2nc(Cl)c(F)c3nc(OC[C@@]45CCCN4C[C@H](F)C5)nc1c23. The van der Waals surface area contributed by atoms with Crippen molar-refractivity contribution in [3.8, 4) is 11.9 Å². The first-order chi connectivity index (χ1) is 23.5. The first kappa shape index (κ1) is 35.7. The number of aromatic nitrogens is 4. The molecule has 2 fully saturated rings. The highest BCUT2D eigenvalue weighted by Gasteiger charge is 2.49. The standard InChI is InChI=1S/C34H42ClF2N7O6/c1-19(21-10-8-12-38-26(21)44(30(45)49-32(2,3)4)31(46)50-33(5,6)7)43-14-15-47-28-22-24(23(37)25(35)40-28)39-29(41-27(22)43)48-18-34-11-9-13-42(34)17-20(36)16-34/h8,10,12,19-20H,9,11,13-18H2,1-7H3/t19-,20-,34+/m1/s1. The van der Waals surface area contributed by atoms with Crippen LogP contribution in [0, 0.1) is 5.82 Å². The van der Waals surface area contributed by atoms with Crippen LogP contribution in [0.25, 0.3) is 10.9 Å². The third kappa shape index (κ3) is 7.07. The van der Waals surface area contributed by atoms with Crippen LogP contribution in [0.3, 0.4) is 0 Å². The minimum absolute atomic E-state index is 0.0292. The van der Waals surface area contributed by atoms with Crippen LogP contribution in [0.4, 0.5) is 30.0 Å². The van der Waals surface area contributed by atoms with Gasteiger partial charge in [0.25, 0.3) is 0 Å². The molecule has 0 unspecified atom stereocenters. The lowest BCUT2D eigenvalue weighted by Crippen LogP contribution is -2.45. The van der Waals surface area contributed by atoms with Crippen LogP contribution in [0.5, 0.6) is 11.9 Å². The predicted molar refractivity (Wildman–Crippen MR) is 181 cm³/mol. The third-order valence-electron chi connectivity index (χ3n) is 8.84. The second-order valence-corrected chi connectivity index (χ2v) is 15.2. The molecule has 3 aliphatic rings. The largest absolute Gasteiger partial charge is 0.475 e. The molecule has 0 aliphatic carbocycles. The molecule has 0 aromatic carbocycles. The summed E-state index contributed by atoms with van der Waals surface area (Å²) in [7, 11) is 0. The molecule has 2 saturated heterocycles. The number of rotatable bonds is 6. The molecule has 0 bridgehead atoms. The zero-order chi connectivity index (χ0) is 36.2. The van der Waals surface area contributed by atoms with Gasteiger partial charge in [-0.1, -0.05) is 17.7 Å². The Balaban J connectivity index is 1.43. The highest BCUT2D eigenvalue weighted by molar-refractivity contribution is 6.30. The van der Waals surface area contributed by atoms with Gasteiger partial charge in [0.05, 0.1) is 18.1 Å². The van der Waals surface area contributed by atoms with Crippen molar-refractivity contribution in [3.63, 3.8) is 0 Å². The molecule has 16 heteroatoms. The van der Waals surface area contributed by atoms with E-state index in [-0.39, 0.29) is 54.2 Å². The van der Waals surface area contributed by atoms with E-state index in [1.54, 1.807) is 58.6 Å². The molecule has 0 radical (unpaired) electrons. The van der Waals surface area contributed by atoms with E-state index >= 15 is 4.39 Å². The molecule has 6 rings (SSSR count). The van der Waals surface area contributed by atoms with Crippen molar-refractivity contribution >= 4 is 46.3 Å². The molecule has 13 nitrogen and oxygen atoms in total. The van der Waals surface area contributed by atoms with E-state index in [2.05, 4.69) is 19.9 Å². The highest BCUT2D eigenvalue weighted by atomic mass is 35.5. The summed E-state index contributed by atoms with van der Waals surface area (Å²) in [4.78, 5) is 49.6. The molecule has 3 aromatic rings. The van der Waals surface area contributed by atoms with Crippen molar-refractivity contribution in [1.29, 1.82) is 0 Å². The number of hydrogen-bond donors (Lipinski definition) is 0. The molecule has 0 spiro atoms. The summed E-state index contributed by atoms with van der Waals surface area (Å²) in [5.41, 5.74) is -2.12. The number of carbonyl (C=O) groups excluding carboxylic acids is 2. The van der Waals surface area contributed by atoms with Gasteiger partial charge in [0.2, 0.25) is 5.88 Å². The fraction of sp³-hybridized carbons (Fsp3) is 0.588. The summed E-state index contributed by atoms with van der Waals surface area (Å²) in [6.07, 6.45) is 0.525. The average Bonchev–Trinajstić information content (AvgIpc) is 3.47. The van der Waals surface area contributed by atoms with Gasteiger partial charge in [-0.2, -0.15) is 19.9 Å². The topological polar surface area (TPSA) is 132 Å². The first-order valence-corrected chi connectivity index (χ1v) is 17.0. The Kier molecular flexibility index (Phi) is 9.44. The van der Waals surface area contributed by atoms with Crippen LogP contribution in [0.2, 0.25) is 5.15 Å². The van der Waals surface area contributed by atoms with Crippen LogP contribution in [0.1, 0.15) is 79.3 Å². The average molecular weight is 718 g/mol. The molecule has 0 saturated carbocycles. The second kappa shape index (κ2) is 13.2. The number of ether oxygens (including phenoxy) is 4. The van der Waals surface area contributed by atoms with Crippen LogP contribution in [-0.2, 0) is 9.47 Å². The molecule has 3 aromatic heterocycles. The summed E-state index contributed by atoms with van der Waals surface area (Å²) in [5.74, 6) is -0.654. The van der Waals surface area contributed by atoms with E-state index in [9.17, 15) is 14.0 Å². The third-order valence-corrected chi connectivity index (χ3v) is 9.09. The van der Waals surface area contributed by atoms with Crippen molar-refractivity contribution in [2.45, 2.75) is 96.7 Å². The van der Waals surface area contributed by atoms with Crippen molar-refractivity contribution in [3.05, 3.63) is 34.9 Å². The van der Waals surface area contributed by atoms with Crippen molar-refractivity contribution in [2.24, 2.45) is 0 Å². The van der Waals surface area contributed by atoms with Gasteiger partial charge in [0.15, 0.2) is 16.8 Å². The minimum Gasteiger partial charge on any atom is -0.475 e. The number of imide groups is 1. The normalized spacial score (nSPS) is 21.3. The van der Waals surface area contributed by atoms with Crippen LogP contribution in [-0.4, -0.2) is 92.8 Å². The quantitative estimate of drug-likeness (QED) is 0.248. The number of fused-ring (bicyclic) bond motifs is 1. The Morgan fingerprint density at radius 2 is 1.82 bits per heavy atom. The summed E-state index contributed by atoms with van der Waals surface area (Å²) < 4.78 is 53.6. The summed E-state index contributed by atoms with van der Waals surface area (Å²) >= 11 is 6.19. The summed E-state index contributed by atoms with van der Waals surface area (Å²) in [6.45, 7) is 13.4. The van der Waals surface area contributed by atoms with Gasteiger partial charge in [-0.05, 0) is 73.9 Å². The number of alkyl halides is 1. The number of pyridine rings is 2. The van der Waals surface area contributed by atoms with Gasteiger partial charge in [-0.15, -0.1) is 0 Å². The van der Waals surface area contributed by atoms with Gasteiger partial charge < -0.3 is 23.8 Å². The molecule has 6 heterocycles. The number of halogens is 3. The number of nitrogens with zero attached hydrogens (tertiary/aromatic N) is 7. The molecule has 2 amide bonds. The van der Waals surface area contributed by atoms with E-state index in [1.807, 2.05) is 6.92 Å². The second-order valence-electron chi connectivity index (χ2n) is 14.9. The number of carbonyl (C=O) groups is 2. The lowest BCUT2D eigenvalue weighted by molar-refractivity contribution is 0.0428. The van der Waals surface area contributed by atoms with E-state index in [4.69, 9.17) is 35.5 Å². The molecule has 3 aliphatic heterocycles. The predicted octanol–water partition coefficient (Wildman–Crippen LogP) is 6.80.